The summed E-state index contributed by atoms with van der Waals surface area (Å²) in [6, 6.07) is 6.20. The molecule has 0 aliphatic carbocycles. The Bertz CT molecular complexity index is 417. The summed E-state index contributed by atoms with van der Waals surface area (Å²) in [5, 5.41) is 6.03. The number of ether oxygens (including phenoxy) is 1. The molecule has 0 bridgehead atoms. The third kappa shape index (κ3) is 4.91. The van der Waals surface area contributed by atoms with Gasteiger partial charge in [-0.05, 0) is 24.0 Å². The summed E-state index contributed by atoms with van der Waals surface area (Å²) in [6.07, 6.45) is 0. The number of methoxy groups -OCH3 is 1. The van der Waals surface area contributed by atoms with Gasteiger partial charge in [0.1, 0.15) is 0 Å². The molecule has 0 aromatic heterocycles. The monoisotopic (exact) mass is 264 g/mol. The van der Waals surface area contributed by atoms with E-state index in [0.29, 0.717) is 19.1 Å². The standard InChI is InChI=1S/C15H24N2O2/c1-11(2)13-7-5-6-12(3)15(13)17-10-14(18)16-8-9-19-4/h5-7,11,17H,8-10H2,1-4H3,(H,16,18). The molecule has 0 aliphatic heterocycles. The van der Waals surface area contributed by atoms with E-state index in [2.05, 4.69) is 49.6 Å². The van der Waals surface area contributed by atoms with E-state index in [1.54, 1.807) is 7.11 Å². The summed E-state index contributed by atoms with van der Waals surface area (Å²) in [6.45, 7) is 7.72. The van der Waals surface area contributed by atoms with Crippen molar-refractivity contribution in [2.45, 2.75) is 26.7 Å². The molecule has 4 heteroatoms. The summed E-state index contributed by atoms with van der Waals surface area (Å²) in [7, 11) is 1.62. The average Bonchev–Trinajstić information content (AvgIpc) is 2.37. The minimum Gasteiger partial charge on any atom is -0.383 e. The summed E-state index contributed by atoms with van der Waals surface area (Å²) >= 11 is 0. The quantitative estimate of drug-likeness (QED) is 0.743. The van der Waals surface area contributed by atoms with Crippen molar-refractivity contribution in [3.63, 3.8) is 0 Å². The van der Waals surface area contributed by atoms with E-state index in [1.165, 1.54) is 5.56 Å². The molecule has 4 nitrogen and oxygen atoms in total. The van der Waals surface area contributed by atoms with Crippen molar-refractivity contribution in [2.24, 2.45) is 0 Å². The Morgan fingerprint density at radius 2 is 2.11 bits per heavy atom. The van der Waals surface area contributed by atoms with Crippen LogP contribution in [0.1, 0.15) is 30.9 Å². The number of rotatable bonds is 7. The molecule has 0 fully saturated rings. The largest absolute Gasteiger partial charge is 0.383 e. The summed E-state index contributed by atoms with van der Waals surface area (Å²) in [5.41, 5.74) is 3.47. The molecule has 0 unspecified atom stereocenters. The van der Waals surface area contributed by atoms with Crippen LogP contribution in [0.25, 0.3) is 0 Å². The van der Waals surface area contributed by atoms with Crippen molar-refractivity contribution in [3.05, 3.63) is 29.3 Å². The number of benzene rings is 1. The number of amides is 1. The van der Waals surface area contributed by atoms with Gasteiger partial charge in [0.15, 0.2) is 0 Å². The lowest BCUT2D eigenvalue weighted by molar-refractivity contribution is -0.119. The molecule has 1 aromatic carbocycles. The Morgan fingerprint density at radius 3 is 2.74 bits per heavy atom. The molecule has 1 aromatic rings. The minimum atomic E-state index is -0.0185. The molecule has 0 heterocycles. The van der Waals surface area contributed by atoms with Gasteiger partial charge < -0.3 is 15.4 Å². The fourth-order valence-corrected chi connectivity index (χ4v) is 1.94. The van der Waals surface area contributed by atoms with Gasteiger partial charge in [-0.3, -0.25) is 4.79 Å². The molecule has 0 saturated carbocycles. The Morgan fingerprint density at radius 1 is 1.37 bits per heavy atom. The van der Waals surface area contributed by atoms with E-state index in [4.69, 9.17) is 4.74 Å². The SMILES string of the molecule is COCCNC(=O)CNc1c(C)cccc1C(C)C. The van der Waals surface area contributed by atoms with Gasteiger partial charge in [0.2, 0.25) is 5.91 Å². The lowest BCUT2D eigenvalue weighted by atomic mass is 9.98. The number of aryl methyl sites for hydroxylation is 1. The maximum Gasteiger partial charge on any atom is 0.239 e. The van der Waals surface area contributed by atoms with E-state index < -0.39 is 0 Å². The number of hydrogen-bond donors (Lipinski definition) is 2. The molecule has 1 amide bonds. The number of para-hydroxylation sites is 1. The number of nitrogens with one attached hydrogen (secondary N) is 2. The highest BCUT2D eigenvalue weighted by Gasteiger charge is 2.09. The zero-order valence-corrected chi connectivity index (χ0v) is 12.2. The lowest BCUT2D eigenvalue weighted by Gasteiger charge is -2.17. The topological polar surface area (TPSA) is 50.4 Å². The van der Waals surface area contributed by atoms with Crippen LogP contribution >= 0.6 is 0 Å². The van der Waals surface area contributed by atoms with Crippen molar-refractivity contribution in [1.82, 2.24) is 5.32 Å². The first-order chi connectivity index (χ1) is 9.06. The normalized spacial score (nSPS) is 10.6. The van der Waals surface area contributed by atoms with Crippen LogP contribution < -0.4 is 10.6 Å². The number of hydrogen-bond acceptors (Lipinski definition) is 3. The van der Waals surface area contributed by atoms with E-state index in [9.17, 15) is 4.79 Å². The molecule has 0 saturated heterocycles. The molecule has 0 radical (unpaired) electrons. The smallest absolute Gasteiger partial charge is 0.239 e. The zero-order valence-electron chi connectivity index (χ0n) is 12.2. The Labute approximate surface area is 115 Å². The molecule has 0 atom stereocenters. The highest BCUT2D eigenvalue weighted by molar-refractivity contribution is 5.81. The zero-order chi connectivity index (χ0) is 14.3. The fourth-order valence-electron chi connectivity index (χ4n) is 1.94. The van der Waals surface area contributed by atoms with Crippen LogP contribution in [0.3, 0.4) is 0 Å². The summed E-state index contributed by atoms with van der Waals surface area (Å²) in [4.78, 5) is 11.7. The second-order valence-electron chi connectivity index (χ2n) is 4.89. The molecule has 0 aliphatic rings. The number of anilines is 1. The van der Waals surface area contributed by atoms with Gasteiger partial charge in [-0.15, -0.1) is 0 Å². The van der Waals surface area contributed by atoms with Gasteiger partial charge in [-0.1, -0.05) is 32.0 Å². The molecule has 106 valence electrons. The summed E-state index contributed by atoms with van der Waals surface area (Å²) in [5.74, 6) is 0.411. The van der Waals surface area contributed by atoms with Gasteiger partial charge in [0.25, 0.3) is 0 Å². The van der Waals surface area contributed by atoms with Crippen LogP contribution in [-0.2, 0) is 9.53 Å². The van der Waals surface area contributed by atoms with E-state index in [0.717, 1.165) is 11.3 Å². The molecule has 1 rings (SSSR count). The van der Waals surface area contributed by atoms with Crippen molar-refractivity contribution >= 4 is 11.6 Å². The van der Waals surface area contributed by atoms with Gasteiger partial charge in [-0.2, -0.15) is 0 Å². The second kappa shape index (κ2) is 7.79. The Balaban J connectivity index is 2.59. The minimum absolute atomic E-state index is 0.0185. The summed E-state index contributed by atoms with van der Waals surface area (Å²) < 4.78 is 4.89. The second-order valence-corrected chi connectivity index (χ2v) is 4.89. The van der Waals surface area contributed by atoms with Crippen molar-refractivity contribution in [3.8, 4) is 0 Å². The van der Waals surface area contributed by atoms with Crippen LogP contribution in [0.4, 0.5) is 5.69 Å². The van der Waals surface area contributed by atoms with Crippen molar-refractivity contribution < 1.29 is 9.53 Å². The van der Waals surface area contributed by atoms with Gasteiger partial charge in [-0.25, -0.2) is 0 Å². The van der Waals surface area contributed by atoms with Crippen LogP contribution in [0.2, 0.25) is 0 Å². The lowest BCUT2D eigenvalue weighted by Crippen LogP contribution is -2.32. The molecule has 2 N–H and O–H groups in total. The predicted octanol–water partition coefficient (Wildman–Crippen LogP) is 2.29. The third-order valence-corrected chi connectivity index (χ3v) is 2.98. The first-order valence-electron chi connectivity index (χ1n) is 6.65. The third-order valence-electron chi connectivity index (χ3n) is 2.98. The fraction of sp³-hybridized carbons (Fsp3) is 0.533. The molecular formula is C15H24N2O2. The van der Waals surface area contributed by atoms with Crippen molar-refractivity contribution in [2.75, 3.05) is 32.1 Å². The highest BCUT2D eigenvalue weighted by Crippen LogP contribution is 2.26. The number of carbonyl (C=O) groups is 1. The van der Waals surface area contributed by atoms with E-state index >= 15 is 0 Å². The Kier molecular flexibility index (Phi) is 6.36. The first-order valence-corrected chi connectivity index (χ1v) is 6.65. The molecular weight excluding hydrogens is 240 g/mol. The van der Waals surface area contributed by atoms with E-state index in [-0.39, 0.29) is 12.5 Å². The predicted molar refractivity (Wildman–Crippen MR) is 78.6 cm³/mol. The van der Waals surface area contributed by atoms with Gasteiger partial charge in [0, 0.05) is 19.3 Å². The van der Waals surface area contributed by atoms with Gasteiger partial charge >= 0.3 is 0 Å². The molecule has 19 heavy (non-hydrogen) atoms. The van der Waals surface area contributed by atoms with Crippen molar-refractivity contribution in [1.29, 1.82) is 0 Å². The van der Waals surface area contributed by atoms with E-state index in [1.807, 2.05) is 0 Å². The van der Waals surface area contributed by atoms with Gasteiger partial charge in [0.05, 0.1) is 13.2 Å². The first kappa shape index (κ1) is 15.5. The van der Waals surface area contributed by atoms with Crippen LogP contribution in [0.5, 0.6) is 0 Å². The van der Waals surface area contributed by atoms with Crippen LogP contribution in [0.15, 0.2) is 18.2 Å². The number of carbonyl (C=O) groups excluding carboxylic acids is 1. The maximum atomic E-state index is 11.7. The Hall–Kier alpha value is -1.55. The highest BCUT2D eigenvalue weighted by atomic mass is 16.5. The average molecular weight is 264 g/mol. The molecule has 0 spiro atoms. The maximum absolute atomic E-state index is 11.7. The van der Waals surface area contributed by atoms with Crippen LogP contribution in [0, 0.1) is 6.92 Å². The van der Waals surface area contributed by atoms with Crippen LogP contribution in [-0.4, -0.2) is 32.7 Å².